The van der Waals surface area contributed by atoms with Crippen LogP contribution in [0.25, 0.3) is 0 Å². The molecule has 1 atom stereocenters. The lowest BCUT2D eigenvalue weighted by Gasteiger charge is -2.10. The van der Waals surface area contributed by atoms with E-state index in [0.717, 1.165) is 10.8 Å². The van der Waals surface area contributed by atoms with E-state index in [4.69, 9.17) is 0 Å². The second kappa shape index (κ2) is 4.25. The molecule has 0 saturated carbocycles. The molecule has 1 aliphatic heterocycles. The fourth-order valence-corrected chi connectivity index (χ4v) is 2.37. The Kier molecular flexibility index (Phi) is 2.95. The van der Waals surface area contributed by atoms with Crippen LogP contribution in [-0.2, 0) is 0 Å². The average Bonchev–Trinajstić information content (AvgIpc) is 2.71. The Hall–Kier alpha value is -1.37. The predicted molar refractivity (Wildman–Crippen MR) is 63.9 cm³/mol. The van der Waals surface area contributed by atoms with Crippen LogP contribution in [0, 0.1) is 10.1 Å². The van der Waals surface area contributed by atoms with Gasteiger partial charge in [0, 0.05) is 25.0 Å². The van der Waals surface area contributed by atoms with Crippen LogP contribution in [0.1, 0.15) is 6.04 Å². The minimum Gasteiger partial charge on any atom is -0.364 e. The summed E-state index contributed by atoms with van der Waals surface area (Å²) >= 11 is 3.40. The lowest BCUT2D eigenvalue weighted by molar-refractivity contribution is -0.384. The highest BCUT2D eigenvalue weighted by atomic mass is 79.9. The summed E-state index contributed by atoms with van der Waals surface area (Å²) in [6, 6.07) is 3.32. The molecule has 16 heavy (non-hydrogen) atoms. The molecule has 0 aromatic carbocycles. The zero-order chi connectivity index (χ0) is 11.7. The normalized spacial score (nSPS) is 19.4. The molecule has 0 aliphatic carbocycles. The number of hydrogen-bond donors (Lipinski definition) is 1. The first-order valence-corrected chi connectivity index (χ1v) is 5.93. The number of halogens is 1. The van der Waals surface area contributed by atoms with Crippen molar-refractivity contribution in [2.75, 3.05) is 24.2 Å². The van der Waals surface area contributed by atoms with E-state index in [1.54, 1.807) is 13.1 Å². The summed E-state index contributed by atoms with van der Waals surface area (Å²) in [7, 11) is 1.68. The van der Waals surface area contributed by atoms with Crippen molar-refractivity contribution in [1.29, 1.82) is 0 Å². The van der Waals surface area contributed by atoms with Gasteiger partial charge in [-0.2, -0.15) is 0 Å². The number of nitro groups is 1. The lowest BCUT2D eigenvalue weighted by Crippen LogP contribution is -2.24. The molecular formula is C9H11BrN4O2. The van der Waals surface area contributed by atoms with E-state index in [2.05, 4.69) is 26.2 Å². The number of pyridine rings is 1. The van der Waals surface area contributed by atoms with Crippen LogP contribution >= 0.6 is 15.9 Å². The quantitative estimate of drug-likeness (QED) is 0.506. The number of alkyl halides is 1. The summed E-state index contributed by atoms with van der Waals surface area (Å²) in [4.78, 5) is 14.6. The summed E-state index contributed by atoms with van der Waals surface area (Å²) in [5.74, 6) is 0.539. The topological polar surface area (TPSA) is 72.5 Å². The lowest BCUT2D eigenvalue weighted by atomic mass is 10.3. The van der Waals surface area contributed by atoms with Crippen molar-refractivity contribution < 1.29 is 4.92 Å². The molecule has 2 heterocycles. The van der Waals surface area contributed by atoms with E-state index in [1.165, 1.54) is 6.07 Å². The molecule has 6 nitrogen and oxygen atoms in total. The van der Waals surface area contributed by atoms with E-state index >= 15 is 0 Å². The van der Waals surface area contributed by atoms with Crippen LogP contribution in [0.15, 0.2) is 17.1 Å². The zero-order valence-electron chi connectivity index (χ0n) is 8.68. The Bertz CT molecular complexity index is 497. The third-order valence-electron chi connectivity index (χ3n) is 2.59. The predicted octanol–water partition coefficient (Wildman–Crippen LogP) is 1.29. The molecule has 1 aliphatic rings. The highest BCUT2D eigenvalue weighted by molar-refractivity contribution is 9.09. The first kappa shape index (κ1) is 11.1. The van der Waals surface area contributed by atoms with Crippen molar-refractivity contribution in [1.82, 2.24) is 4.57 Å². The summed E-state index contributed by atoms with van der Waals surface area (Å²) in [5, 5.41) is 14.7. The first-order chi connectivity index (χ1) is 7.69. The fraction of sp³-hybridized carbons (Fsp3) is 0.444. The van der Waals surface area contributed by atoms with Gasteiger partial charge in [-0.25, -0.2) is 0 Å². The summed E-state index contributed by atoms with van der Waals surface area (Å²) in [5.41, 5.74) is 0.839. The van der Waals surface area contributed by atoms with Crippen molar-refractivity contribution in [3.8, 4) is 0 Å². The smallest absolute Gasteiger partial charge is 0.309 e. The van der Waals surface area contributed by atoms with Crippen LogP contribution in [0.2, 0.25) is 0 Å². The first-order valence-electron chi connectivity index (χ1n) is 4.81. The molecule has 1 unspecified atom stereocenters. The van der Waals surface area contributed by atoms with Crippen molar-refractivity contribution in [2.24, 2.45) is 4.99 Å². The number of nitrogens with one attached hydrogen (secondary N) is 1. The molecule has 2 rings (SSSR count). The standard InChI is InChI=1S/C9H11BrN4O2/c1-11-8-3-2-7(14(15)16)9-12-5-6(4-10)13(8)9/h2-3,6,12H,4-5H2,1H3. The fourth-order valence-electron chi connectivity index (χ4n) is 1.85. The van der Waals surface area contributed by atoms with Gasteiger partial charge in [-0.15, -0.1) is 0 Å². The van der Waals surface area contributed by atoms with Gasteiger partial charge < -0.3 is 9.88 Å². The maximum absolute atomic E-state index is 10.9. The maximum atomic E-state index is 10.9. The van der Waals surface area contributed by atoms with Gasteiger partial charge in [-0.3, -0.25) is 15.1 Å². The van der Waals surface area contributed by atoms with Crippen molar-refractivity contribution in [3.05, 3.63) is 27.7 Å². The van der Waals surface area contributed by atoms with Gasteiger partial charge in [-0.05, 0) is 6.07 Å². The molecule has 0 saturated heterocycles. The van der Waals surface area contributed by atoms with E-state index in [9.17, 15) is 10.1 Å². The minimum absolute atomic E-state index is 0.0934. The molecule has 7 heteroatoms. The van der Waals surface area contributed by atoms with Gasteiger partial charge in [0.2, 0.25) is 0 Å². The number of aromatic nitrogens is 1. The molecule has 1 aromatic rings. The zero-order valence-corrected chi connectivity index (χ0v) is 10.3. The number of anilines is 1. The van der Waals surface area contributed by atoms with E-state index in [0.29, 0.717) is 12.4 Å². The maximum Gasteiger partial charge on any atom is 0.309 e. The number of hydrogen-bond acceptors (Lipinski definition) is 4. The van der Waals surface area contributed by atoms with Crippen molar-refractivity contribution >= 4 is 27.4 Å². The third kappa shape index (κ3) is 1.60. The molecular weight excluding hydrogens is 276 g/mol. The van der Waals surface area contributed by atoms with Crippen molar-refractivity contribution in [3.63, 3.8) is 0 Å². The molecule has 0 spiro atoms. The Labute approximate surface area is 100 Å². The minimum atomic E-state index is -0.380. The number of fused-ring (bicyclic) bond motifs is 1. The SMILES string of the molecule is CN=c1ccc([N+](=O)[O-])c2n1C(CBr)CN2. The van der Waals surface area contributed by atoms with Crippen LogP contribution in [0.4, 0.5) is 11.5 Å². The van der Waals surface area contributed by atoms with E-state index in [-0.39, 0.29) is 16.7 Å². The van der Waals surface area contributed by atoms with Gasteiger partial charge in [0.05, 0.1) is 11.0 Å². The Balaban J connectivity index is 2.69. The highest BCUT2D eigenvalue weighted by Gasteiger charge is 2.27. The third-order valence-corrected chi connectivity index (χ3v) is 3.34. The summed E-state index contributed by atoms with van der Waals surface area (Å²) < 4.78 is 1.87. The Morgan fingerprint density at radius 1 is 1.75 bits per heavy atom. The molecule has 0 bridgehead atoms. The van der Waals surface area contributed by atoms with Gasteiger partial charge >= 0.3 is 5.69 Å². The monoisotopic (exact) mass is 286 g/mol. The molecule has 0 fully saturated rings. The highest BCUT2D eigenvalue weighted by Crippen LogP contribution is 2.30. The van der Waals surface area contributed by atoms with Gasteiger partial charge in [0.15, 0.2) is 5.82 Å². The van der Waals surface area contributed by atoms with Crippen LogP contribution in [-0.4, -0.2) is 28.4 Å². The Morgan fingerprint density at radius 2 is 2.50 bits per heavy atom. The molecule has 0 amide bonds. The summed E-state index contributed by atoms with van der Waals surface area (Å²) in [6.45, 7) is 0.679. The molecule has 1 aromatic heterocycles. The second-order valence-electron chi connectivity index (χ2n) is 3.47. The van der Waals surface area contributed by atoms with Crippen molar-refractivity contribution in [2.45, 2.75) is 6.04 Å². The largest absolute Gasteiger partial charge is 0.364 e. The van der Waals surface area contributed by atoms with Crippen LogP contribution in [0.5, 0.6) is 0 Å². The molecule has 86 valence electrons. The van der Waals surface area contributed by atoms with Gasteiger partial charge in [0.25, 0.3) is 0 Å². The van der Waals surface area contributed by atoms with E-state index in [1.807, 2.05) is 4.57 Å². The molecule has 0 radical (unpaired) electrons. The number of nitrogens with zero attached hydrogens (tertiary/aromatic N) is 3. The van der Waals surface area contributed by atoms with Crippen LogP contribution < -0.4 is 10.8 Å². The van der Waals surface area contributed by atoms with Crippen LogP contribution in [0.3, 0.4) is 0 Å². The van der Waals surface area contributed by atoms with E-state index < -0.39 is 0 Å². The summed E-state index contributed by atoms with van der Waals surface area (Å²) in [6.07, 6.45) is 0. The molecule has 1 N–H and O–H groups in total. The number of rotatable bonds is 2. The van der Waals surface area contributed by atoms with Gasteiger partial charge in [0.1, 0.15) is 5.49 Å². The Morgan fingerprint density at radius 3 is 3.06 bits per heavy atom. The second-order valence-corrected chi connectivity index (χ2v) is 4.11. The van der Waals surface area contributed by atoms with Gasteiger partial charge in [-0.1, -0.05) is 15.9 Å². The average molecular weight is 287 g/mol.